The van der Waals surface area contributed by atoms with E-state index in [0.717, 1.165) is 18.5 Å². The summed E-state index contributed by atoms with van der Waals surface area (Å²) in [6.45, 7) is 0.802. The van der Waals surface area contributed by atoms with Gasteiger partial charge in [-0.05, 0) is 30.9 Å². The van der Waals surface area contributed by atoms with E-state index < -0.39 is 6.10 Å². The molecular formula is C16H18N6O2. The highest BCUT2D eigenvalue weighted by atomic mass is 16.3. The molecule has 3 aromatic rings. The number of nitrogens with one attached hydrogen (secondary N) is 1. The van der Waals surface area contributed by atoms with Crippen molar-refractivity contribution in [3.05, 3.63) is 48.8 Å². The number of aromatic nitrogens is 5. The molecule has 3 atom stereocenters. The second-order valence-corrected chi connectivity index (χ2v) is 6.26. The maximum Gasteiger partial charge on any atom is 0.251 e. The first-order chi connectivity index (χ1) is 11.7. The molecule has 1 aliphatic rings. The minimum absolute atomic E-state index is 0.189. The Labute approximate surface area is 138 Å². The molecule has 0 bridgehead atoms. The molecule has 24 heavy (non-hydrogen) atoms. The smallest absolute Gasteiger partial charge is 0.251 e. The van der Waals surface area contributed by atoms with Gasteiger partial charge in [0, 0.05) is 30.7 Å². The first kappa shape index (κ1) is 14.8. The number of hydrogen-bond acceptors (Lipinski definition) is 5. The molecule has 0 aromatic carbocycles. The highest BCUT2D eigenvalue weighted by molar-refractivity contribution is 5.95. The van der Waals surface area contributed by atoms with Crippen LogP contribution in [0.25, 0.3) is 5.52 Å². The molecule has 1 aliphatic carbocycles. The van der Waals surface area contributed by atoms with Gasteiger partial charge in [-0.15, -0.1) is 5.10 Å². The topological polar surface area (TPSA) is 97.3 Å². The Bertz CT molecular complexity index is 843. The predicted octanol–water partition coefficient (Wildman–Crippen LogP) is 0.495. The van der Waals surface area contributed by atoms with Gasteiger partial charge in [0.25, 0.3) is 5.91 Å². The number of rotatable bonds is 4. The van der Waals surface area contributed by atoms with Crippen LogP contribution in [0.3, 0.4) is 0 Å². The van der Waals surface area contributed by atoms with E-state index in [4.69, 9.17) is 0 Å². The lowest BCUT2D eigenvalue weighted by Gasteiger charge is -2.16. The van der Waals surface area contributed by atoms with E-state index in [2.05, 4.69) is 20.6 Å². The molecule has 8 heteroatoms. The normalized spacial score (nSPS) is 23.6. The average Bonchev–Trinajstić information content (AvgIpc) is 3.29. The largest absolute Gasteiger partial charge is 0.391 e. The number of fused-ring (bicyclic) bond motifs is 1. The van der Waals surface area contributed by atoms with Crippen molar-refractivity contribution < 1.29 is 9.90 Å². The fraction of sp³-hybridized carbons (Fsp3) is 0.375. The van der Waals surface area contributed by atoms with E-state index in [-0.39, 0.29) is 11.9 Å². The highest BCUT2D eigenvalue weighted by Gasteiger charge is 2.34. The Hall–Kier alpha value is -2.74. The van der Waals surface area contributed by atoms with Crippen molar-refractivity contribution in [1.82, 2.24) is 29.7 Å². The zero-order valence-electron chi connectivity index (χ0n) is 13.0. The SMILES string of the molecule is O=C(N[C@@H]1CC(Cn2ccnc2)C[C@H]1O)c1ccn2nncc2c1. The number of aliphatic hydroxyl groups is 1. The monoisotopic (exact) mass is 326 g/mol. The van der Waals surface area contributed by atoms with Crippen LogP contribution in [0.2, 0.25) is 0 Å². The van der Waals surface area contributed by atoms with Crippen LogP contribution in [-0.4, -0.2) is 47.5 Å². The lowest BCUT2D eigenvalue weighted by Crippen LogP contribution is -2.39. The minimum atomic E-state index is -0.525. The van der Waals surface area contributed by atoms with Gasteiger partial charge in [-0.1, -0.05) is 5.21 Å². The van der Waals surface area contributed by atoms with E-state index in [1.54, 1.807) is 41.6 Å². The molecule has 3 heterocycles. The van der Waals surface area contributed by atoms with Crippen LogP contribution in [0.1, 0.15) is 23.2 Å². The summed E-state index contributed by atoms with van der Waals surface area (Å²) in [4.78, 5) is 16.5. The molecule has 1 saturated carbocycles. The van der Waals surface area contributed by atoms with Gasteiger partial charge < -0.3 is 15.0 Å². The quantitative estimate of drug-likeness (QED) is 0.727. The lowest BCUT2D eigenvalue weighted by atomic mass is 10.1. The molecule has 124 valence electrons. The first-order valence-corrected chi connectivity index (χ1v) is 7.94. The van der Waals surface area contributed by atoms with Crippen LogP contribution in [0.5, 0.6) is 0 Å². The van der Waals surface area contributed by atoms with Crippen molar-refractivity contribution in [2.75, 3.05) is 0 Å². The zero-order chi connectivity index (χ0) is 16.5. The van der Waals surface area contributed by atoms with E-state index in [0.29, 0.717) is 17.9 Å². The number of imidazole rings is 1. The maximum absolute atomic E-state index is 12.4. The molecule has 2 N–H and O–H groups in total. The molecule has 1 unspecified atom stereocenters. The van der Waals surface area contributed by atoms with Crippen LogP contribution >= 0.6 is 0 Å². The first-order valence-electron chi connectivity index (χ1n) is 7.94. The third-order valence-corrected chi connectivity index (χ3v) is 4.53. The average molecular weight is 326 g/mol. The molecule has 0 aliphatic heterocycles. The van der Waals surface area contributed by atoms with Crippen molar-refractivity contribution in [3.8, 4) is 0 Å². The van der Waals surface area contributed by atoms with E-state index in [1.807, 2.05) is 10.8 Å². The number of carbonyl (C=O) groups is 1. The summed E-state index contributed by atoms with van der Waals surface area (Å²) < 4.78 is 3.60. The molecule has 0 spiro atoms. The van der Waals surface area contributed by atoms with Gasteiger partial charge in [-0.3, -0.25) is 4.79 Å². The van der Waals surface area contributed by atoms with Gasteiger partial charge in [0.2, 0.25) is 0 Å². The Balaban J connectivity index is 1.41. The summed E-state index contributed by atoms with van der Waals surface area (Å²) in [5.74, 6) is 0.132. The molecule has 8 nitrogen and oxygen atoms in total. The van der Waals surface area contributed by atoms with Gasteiger partial charge in [-0.25, -0.2) is 9.50 Å². The van der Waals surface area contributed by atoms with Crippen LogP contribution < -0.4 is 5.32 Å². The van der Waals surface area contributed by atoms with Crippen molar-refractivity contribution in [2.45, 2.75) is 31.5 Å². The number of pyridine rings is 1. The van der Waals surface area contributed by atoms with E-state index in [1.165, 1.54) is 0 Å². The van der Waals surface area contributed by atoms with Crippen LogP contribution in [0.4, 0.5) is 0 Å². The fourth-order valence-electron chi connectivity index (χ4n) is 3.34. The Morgan fingerprint density at radius 3 is 3.12 bits per heavy atom. The molecule has 0 saturated heterocycles. The van der Waals surface area contributed by atoms with Crippen LogP contribution in [0, 0.1) is 5.92 Å². The van der Waals surface area contributed by atoms with Gasteiger partial charge in [0.15, 0.2) is 0 Å². The van der Waals surface area contributed by atoms with Gasteiger partial charge in [0.1, 0.15) is 0 Å². The maximum atomic E-state index is 12.4. The summed E-state index contributed by atoms with van der Waals surface area (Å²) in [5, 5.41) is 20.9. The summed E-state index contributed by atoms with van der Waals surface area (Å²) in [6, 6.07) is 3.20. The van der Waals surface area contributed by atoms with Gasteiger partial charge in [0.05, 0.1) is 30.2 Å². The van der Waals surface area contributed by atoms with E-state index >= 15 is 0 Å². The molecule has 3 aromatic heterocycles. The van der Waals surface area contributed by atoms with Crippen molar-refractivity contribution >= 4 is 11.4 Å². The Kier molecular flexibility index (Phi) is 3.73. The van der Waals surface area contributed by atoms with Crippen molar-refractivity contribution in [2.24, 2.45) is 5.92 Å². The Morgan fingerprint density at radius 2 is 2.29 bits per heavy atom. The summed E-state index contributed by atoms with van der Waals surface area (Å²) in [6.07, 6.45) is 9.62. The fourth-order valence-corrected chi connectivity index (χ4v) is 3.34. The summed E-state index contributed by atoms with van der Waals surface area (Å²) in [7, 11) is 0. The minimum Gasteiger partial charge on any atom is -0.391 e. The van der Waals surface area contributed by atoms with E-state index in [9.17, 15) is 9.90 Å². The third-order valence-electron chi connectivity index (χ3n) is 4.53. The number of aliphatic hydroxyl groups excluding tert-OH is 1. The standard InChI is InChI=1S/C16H18N6O2/c23-15-6-11(9-21-4-2-17-10-21)5-14(15)19-16(24)12-1-3-22-13(7-12)8-18-20-22/h1-4,7-8,10-11,14-15,23H,5-6,9H2,(H,19,24)/t11?,14-,15-/m1/s1. The molecular weight excluding hydrogens is 308 g/mol. The second-order valence-electron chi connectivity index (χ2n) is 6.26. The van der Waals surface area contributed by atoms with Gasteiger partial charge >= 0.3 is 0 Å². The number of amides is 1. The predicted molar refractivity (Wildman–Crippen MR) is 85.2 cm³/mol. The summed E-state index contributed by atoms with van der Waals surface area (Å²) >= 11 is 0. The highest BCUT2D eigenvalue weighted by Crippen LogP contribution is 2.27. The molecule has 1 fully saturated rings. The van der Waals surface area contributed by atoms with Crippen molar-refractivity contribution in [3.63, 3.8) is 0 Å². The Morgan fingerprint density at radius 1 is 1.38 bits per heavy atom. The number of hydrogen-bond donors (Lipinski definition) is 2. The second kappa shape index (κ2) is 6.04. The number of carbonyl (C=O) groups excluding carboxylic acids is 1. The molecule has 1 amide bonds. The summed E-state index contributed by atoms with van der Waals surface area (Å²) in [5.41, 5.74) is 1.29. The molecule has 4 rings (SSSR count). The zero-order valence-corrected chi connectivity index (χ0v) is 13.0. The van der Waals surface area contributed by atoms with Crippen LogP contribution in [0.15, 0.2) is 43.2 Å². The molecule has 0 radical (unpaired) electrons. The van der Waals surface area contributed by atoms with Crippen molar-refractivity contribution in [1.29, 1.82) is 0 Å². The van der Waals surface area contributed by atoms with Gasteiger partial charge in [-0.2, -0.15) is 0 Å². The van der Waals surface area contributed by atoms with Crippen LogP contribution in [-0.2, 0) is 6.54 Å². The third kappa shape index (κ3) is 2.88. The number of nitrogens with zero attached hydrogens (tertiary/aromatic N) is 5. The lowest BCUT2D eigenvalue weighted by molar-refractivity contribution is 0.0873.